The van der Waals surface area contributed by atoms with Gasteiger partial charge in [0.2, 0.25) is 11.8 Å². The molecule has 1 saturated carbocycles. The van der Waals surface area contributed by atoms with Crippen molar-refractivity contribution in [3.63, 3.8) is 0 Å². The molecule has 0 bridgehead atoms. The van der Waals surface area contributed by atoms with Crippen LogP contribution >= 0.6 is 15.9 Å². The highest BCUT2D eigenvalue weighted by Gasteiger charge is 2.36. The van der Waals surface area contributed by atoms with Crippen LogP contribution in [0.1, 0.15) is 25.7 Å². The van der Waals surface area contributed by atoms with Crippen molar-refractivity contribution in [2.24, 2.45) is 11.8 Å². The van der Waals surface area contributed by atoms with E-state index in [4.69, 9.17) is 4.74 Å². The smallest absolute Gasteiger partial charge is 0.338 e. The third-order valence-electron chi connectivity index (χ3n) is 4.73. The lowest BCUT2D eigenvalue weighted by Crippen LogP contribution is -2.44. The molecule has 3 N–H and O–H groups in total. The Hall–Kier alpha value is -2.29. The minimum Gasteiger partial charge on any atom is -0.495 e. The van der Waals surface area contributed by atoms with Crippen molar-refractivity contribution in [3.05, 3.63) is 22.7 Å². The lowest BCUT2D eigenvalue weighted by atomic mass is 10.1. The maximum atomic E-state index is 12.1. The molecule has 3 rings (SSSR count). The highest BCUT2D eigenvalue weighted by Crippen LogP contribution is 2.33. The highest BCUT2D eigenvalue weighted by atomic mass is 79.9. The monoisotopic (exact) mass is 438 g/mol. The first-order valence-corrected chi connectivity index (χ1v) is 9.73. The van der Waals surface area contributed by atoms with Gasteiger partial charge >= 0.3 is 6.03 Å². The van der Waals surface area contributed by atoms with Gasteiger partial charge in [0.15, 0.2) is 0 Å². The number of rotatable bonds is 5. The van der Waals surface area contributed by atoms with Crippen LogP contribution in [0.15, 0.2) is 22.7 Å². The third-order valence-corrected chi connectivity index (χ3v) is 5.22. The second-order valence-electron chi connectivity index (χ2n) is 6.89. The highest BCUT2D eigenvalue weighted by molar-refractivity contribution is 9.10. The minimum absolute atomic E-state index is 0.129. The van der Waals surface area contributed by atoms with E-state index < -0.39 is 6.03 Å². The Morgan fingerprint density at radius 1 is 1.22 bits per heavy atom. The van der Waals surface area contributed by atoms with E-state index in [9.17, 15) is 14.4 Å². The zero-order chi connectivity index (χ0) is 19.4. The van der Waals surface area contributed by atoms with E-state index in [-0.39, 0.29) is 30.1 Å². The fourth-order valence-electron chi connectivity index (χ4n) is 3.15. The molecule has 1 aliphatic heterocycles. The average Bonchev–Trinajstić information content (AvgIpc) is 3.40. The lowest BCUT2D eigenvalue weighted by molar-refractivity contribution is -0.132. The van der Waals surface area contributed by atoms with Gasteiger partial charge in [0, 0.05) is 29.9 Å². The van der Waals surface area contributed by atoms with Crippen molar-refractivity contribution in [1.82, 2.24) is 15.8 Å². The zero-order valence-electron chi connectivity index (χ0n) is 15.1. The zero-order valence-corrected chi connectivity index (χ0v) is 16.7. The maximum absolute atomic E-state index is 12.1. The van der Waals surface area contributed by atoms with E-state index in [0.717, 1.165) is 23.7 Å². The molecule has 4 amide bonds. The summed E-state index contributed by atoms with van der Waals surface area (Å²) in [6, 6.07) is 4.61. The molecule has 0 unspecified atom stereocenters. The van der Waals surface area contributed by atoms with Gasteiger partial charge in [-0.05, 0) is 43.4 Å². The van der Waals surface area contributed by atoms with Crippen LogP contribution in [0.2, 0.25) is 0 Å². The standard InChI is InChI=1S/C18H23BrN4O4/c1-27-15-9-13(19)4-5-14(15)20-18(26)22-21-16(24)8-11-6-7-23(10-11)17(25)12-2-3-12/h4-5,9,11-12H,2-3,6-8,10H2,1H3,(H,21,24)(H2,20,22,26)/t11-/m0/s1. The van der Waals surface area contributed by atoms with Crippen LogP contribution in [0, 0.1) is 11.8 Å². The quantitative estimate of drug-likeness (QED) is 0.613. The molecule has 1 atom stereocenters. The number of hydrazine groups is 1. The van der Waals surface area contributed by atoms with Crippen LogP contribution in [0.25, 0.3) is 0 Å². The van der Waals surface area contributed by atoms with Crippen molar-refractivity contribution < 1.29 is 19.1 Å². The molecule has 1 saturated heterocycles. The molecule has 1 heterocycles. The molecule has 9 heteroatoms. The fraction of sp³-hybridized carbons (Fsp3) is 0.500. The summed E-state index contributed by atoms with van der Waals surface area (Å²) in [7, 11) is 1.51. The maximum Gasteiger partial charge on any atom is 0.338 e. The molecule has 0 radical (unpaired) electrons. The van der Waals surface area contributed by atoms with Crippen LogP contribution in [-0.4, -0.2) is 42.9 Å². The number of benzene rings is 1. The lowest BCUT2D eigenvalue weighted by Gasteiger charge is -2.16. The van der Waals surface area contributed by atoms with E-state index in [0.29, 0.717) is 24.5 Å². The van der Waals surface area contributed by atoms with E-state index in [1.807, 2.05) is 4.90 Å². The summed E-state index contributed by atoms with van der Waals surface area (Å²) >= 11 is 3.33. The number of amides is 4. The van der Waals surface area contributed by atoms with Crippen LogP contribution in [0.5, 0.6) is 5.75 Å². The van der Waals surface area contributed by atoms with E-state index >= 15 is 0 Å². The fourth-order valence-corrected chi connectivity index (χ4v) is 3.49. The second kappa shape index (κ2) is 8.60. The molecule has 0 aromatic heterocycles. The summed E-state index contributed by atoms with van der Waals surface area (Å²) in [5.41, 5.74) is 5.22. The summed E-state index contributed by atoms with van der Waals surface area (Å²) in [5, 5.41) is 2.62. The third kappa shape index (κ3) is 5.35. The van der Waals surface area contributed by atoms with Crippen LogP contribution in [-0.2, 0) is 9.59 Å². The molecule has 1 aromatic carbocycles. The summed E-state index contributed by atoms with van der Waals surface area (Å²) in [6.07, 6.45) is 3.07. The number of nitrogens with zero attached hydrogens (tertiary/aromatic N) is 1. The van der Waals surface area contributed by atoms with Crippen LogP contribution < -0.4 is 20.9 Å². The molecule has 0 spiro atoms. The number of anilines is 1. The number of likely N-dealkylation sites (tertiary alicyclic amines) is 1. The number of hydrogen-bond donors (Lipinski definition) is 3. The molecular formula is C18H23BrN4O4. The second-order valence-corrected chi connectivity index (χ2v) is 7.80. The molecular weight excluding hydrogens is 416 g/mol. The molecule has 27 heavy (non-hydrogen) atoms. The first-order valence-electron chi connectivity index (χ1n) is 8.94. The summed E-state index contributed by atoms with van der Waals surface area (Å²) in [6.45, 7) is 1.33. The van der Waals surface area contributed by atoms with E-state index in [2.05, 4.69) is 32.1 Å². The minimum atomic E-state index is -0.569. The van der Waals surface area contributed by atoms with Gasteiger partial charge in [-0.3, -0.25) is 15.0 Å². The number of methoxy groups -OCH3 is 1. The number of carbonyl (C=O) groups is 3. The molecule has 146 valence electrons. The van der Waals surface area contributed by atoms with Gasteiger partial charge in [0.25, 0.3) is 0 Å². The van der Waals surface area contributed by atoms with Gasteiger partial charge in [-0.1, -0.05) is 15.9 Å². The van der Waals surface area contributed by atoms with Crippen molar-refractivity contribution in [1.29, 1.82) is 0 Å². The predicted octanol–water partition coefficient (Wildman–Crippen LogP) is 2.26. The molecule has 1 aromatic rings. The van der Waals surface area contributed by atoms with Gasteiger partial charge in [-0.2, -0.15) is 0 Å². The number of carbonyl (C=O) groups excluding carboxylic acids is 3. The number of nitrogens with one attached hydrogen (secondary N) is 3. The number of urea groups is 1. The van der Waals surface area contributed by atoms with Crippen molar-refractivity contribution >= 4 is 39.5 Å². The van der Waals surface area contributed by atoms with Gasteiger partial charge in [0.1, 0.15) is 5.75 Å². The largest absolute Gasteiger partial charge is 0.495 e. The van der Waals surface area contributed by atoms with Crippen molar-refractivity contribution in [3.8, 4) is 5.75 Å². The van der Waals surface area contributed by atoms with Crippen LogP contribution in [0.4, 0.5) is 10.5 Å². The Kier molecular flexibility index (Phi) is 6.20. The van der Waals surface area contributed by atoms with Gasteiger partial charge in [-0.25, -0.2) is 10.2 Å². The topological polar surface area (TPSA) is 99.8 Å². The number of halogens is 1. The Labute approximate surface area is 166 Å². The van der Waals surface area contributed by atoms with Crippen molar-refractivity contribution in [2.75, 3.05) is 25.5 Å². The Morgan fingerprint density at radius 2 is 2.00 bits per heavy atom. The molecule has 2 aliphatic rings. The molecule has 2 fully saturated rings. The Morgan fingerprint density at radius 3 is 2.70 bits per heavy atom. The van der Waals surface area contributed by atoms with Gasteiger partial charge < -0.3 is 15.0 Å². The van der Waals surface area contributed by atoms with E-state index in [1.165, 1.54) is 7.11 Å². The van der Waals surface area contributed by atoms with Crippen molar-refractivity contribution in [2.45, 2.75) is 25.7 Å². The summed E-state index contributed by atoms with van der Waals surface area (Å²) in [5.74, 6) is 0.775. The Balaban J connectivity index is 1.40. The predicted molar refractivity (Wildman–Crippen MR) is 103 cm³/mol. The number of ether oxygens (including phenoxy) is 1. The van der Waals surface area contributed by atoms with E-state index in [1.54, 1.807) is 18.2 Å². The summed E-state index contributed by atoms with van der Waals surface area (Å²) < 4.78 is 6.02. The first-order chi connectivity index (χ1) is 13.0. The first kappa shape index (κ1) is 19.5. The normalized spacial score (nSPS) is 18.7. The van der Waals surface area contributed by atoms with Gasteiger partial charge in [0.05, 0.1) is 12.8 Å². The molecule has 1 aliphatic carbocycles. The van der Waals surface area contributed by atoms with Gasteiger partial charge in [-0.15, -0.1) is 0 Å². The average molecular weight is 439 g/mol. The Bertz CT molecular complexity index is 738. The molecule has 8 nitrogen and oxygen atoms in total. The SMILES string of the molecule is COc1cc(Br)ccc1NC(=O)NNC(=O)C[C@@H]1CCN(C(=O)C2CC2)C1. The number of hydrogen-bond acceptors (Lipinski definition) is 4. The summed E-state index contributed by atoms with van der Waals surface area (Å²) in [4.78, 5) is 37.9. The van der Waals surface area contributed by atoms with Crippen LogP contribution in [0.3, 0.4) is 0 Å².